The molecule has 1 N–H and O–H groups in total. The second kappa shape index (κ2) is 10.7. The van der Waals surface area contributed by atoms with Crippen molar-refractivity contribution in [2.24, 2.45) is 0 Å². The molecule has 29 heavy (non-hydrogen) atoms. The van der Waals surface area contributed by atoms with E-state index in [1.807, 2.05) is 6.92 Å². The number of rotatable bonds is 9. The Morgan fingerprint density at radius 3 is 2.72 bits per heavy atom. The molecule has 1 fully saturated rings. The Hall–Kier alpha value is -2.74. The van der Waals surface area contributed by atoms with Crippen molar-refractivity contribution in [1.29, 1.82) is 0 Å². The largest absolute Gasteiger partial charge is 0.467 e. The van der Waals surface area contributed by atoms with Gasteiger partial charge in [0.2, 0.25) is 5.91 Å². The van der Waals surface area contributed by atoms with Crippen LogP contribution >= 0.6 is 0 Å². The third-order valence-corrected chi connectivity index (χ3v) is 5.02. The van der Waals surface area contributed by atoms with Crippen LogP contribution in [0.3, 0.4) is 0 Å². The third kappa shape index (κ3) is 6.67. The van der Waals surface area contributed by atoms with Crippen LogP contribution in [0.1, 0.15) is 47.6 Å². The molecule has 0 atom stereocenters. The first-order chi connectivity index (χ1) is 14.1. The number of amides is 2. The number of hydrogen-bond acceptors (Lipinski definition) is 6. The fourth-order valence-corrected chi connectivity index (χ4v) is 3.37. The highest BCUT2D eigenvalue weighted by atomic mass is 16.3. The highest BCUT2D eigenvalue weighted by Crippen LogP contribution is 2.10. The molecule has 3 rings (SSSR count). The van der Waals surface area contributed by atoms with E-state index in [1.54, 1.807) is 29.5 Å². The van der Waals surface area contributed by atoms with Gasteiger partial charge in [-0.2, -0.15) is 0 Å². The van der Waals surface area contributed by atoms with Crippen molar-refractivity contribution in [2.75, 3.05) is 32.7 Å². The lowest BCUT2D eigenvalue weighted by Gasteiger charge is -2.26. The summed E-state index contributed by atoms with van der Waals surface area (Å²) in [5.41, 5.74) is 1.000. The van der Waals surface area contributed by atoms with Gasteiger partial charge in [-0.3, -0.25) is 14.6 Å². The maximum atomic E-state index is 12.9. The predicted molar refractivity (Wildman–Crippen MR) is 108 cm³/mol. The molecule has 0 radical (unpaired) electrons. The predicted octanol–water partition coefficient (Wildman–Crippen LogP) is 2.01. The van der Waals surface area contributed by atoms with Gasteiger partial charge in [-0.25, -0.2) is 4.98 Å². The number of likely N-dealkylation sites (tertiary alicyclic amines) is 1. The quantitative estimate of drug-likeness (QED) is 0.694. The van der Waals surface area contributed by atoms with Gasteiger partial charge in [-0.15, -0.1) is 0 Å². The molecule has 156 valence electrons. The summed E-state index contributed by atoms with van der Waals surface area (Å²) in [6, 6.07) is 3.58. The van der Waals surface area contributed by atoms with E-state index in [0.717, 1.165) is 25.3 Å². The summed E-state index contributed by atoms with van der Waals surface area (Å²) in [6.07, 6.45) is 8.59. The lowest BCUT2D eigenvalue weighted by atomic mass is 10.1. The van der Waals surface area contributed by atoms with E-state index in [4.69, 9.17) is 4.42 Å². The van der Waals surface area contributed by atoms with Crippen molar-refractivity contribution in [2.45, 2.75) is 39.2 Å². The molecule has 8 nitrogen and oxygen atoms in total. The van der Waals surface area contributed by atoms with Crippen LogP contribution in [0, 0.1) is 6.92 Å². The van der Waals surface area contributed by atoms with E-state index in [2.05, 4.69) is 20.2 Å². The lowest BCUT2D eigenvalue weighted by Crippen LogP contribution is -2.39. The summed E-state index contributed by atoms with van der Waals surface area (Å²) in [5, 5.41) is 2.96. The summed E-state index contributed by atoms with van der Waals surface area (Å²) in [5.74, 6) is 0.327. The maximum absolute atomic E-state index is 12.9. The van der Waals surface area contributed by atoms with E-state index in [9.17, 15) is 9.59 Å². The van der Waals surface area contributed by atoms with Gasteiger partial charge in [0, 0.05) is 32.3 Å². The van der Waals surface area contributed by atoms with Gasteiger partial charge < -0.3 is 19.5 Å². The molecule has 1 aliphatic rings. The van der Waals surface area contributed by atoms with Crippen LogP contribution in [0.25, 0.3) is 0 Å². The number of furan rings is 1. The Balaban J connectivity index is 1.51. The van der Waals surface area contributed by atoms with Gasteiger partial charge in [0.1, 0.15) is 11.5 Å². The minimum absolute atomic E-state index is 0.0609. The molecule has 0 saturated carbocycles. The second-order valence-electron chi connectivity index (χ2n) is 7.35. The summed E-state index contributed by atoms with van der Waals surface area (Å²) in [6.45, 7) is 6.11. The Kier molecular flexibility index (Phi) is 7.75. The van der Waals surface area contributed by atoms with Crippen LogP contribution in [0.2, 0.25) is 0 Å². The first-order valence-corrected chi connectivity index (χ1v) is 10.2. The lowest BCUT2D eigenvalue weighted by molar-refractivity contribution is -0.121. The molecule has 0 aromatic carbocycles. The second-order valence-corrected chi connectivity index (χ2v) is 7.35. The van der Waals surface area contributed by atoms with Crippen molar-refractivity contribution >= 4 is 11.8 Å². The molecule has 2 aromatic rings. The molecular formula is C21H29N5O3. The summed E-state index contributed by atoms with van der Waals surface area (Å²) < 4.78 is 5.37. The number of aryl methyl sites for hydroxylation is 1. The molecule has 2 aromatic heterocycles. The van der Waals surface area contributed by atoms with Crippen LogP contribution in [0.5, 0.6) is 0 Å². The highest BCUT2D eigenvalue weighted by Gasteiger charge is 2.20. The number of carbonyl (C=O) groups excluding carboxylic acids is 2. The number of nitrogens with one attached hydrogen (secondary N) is 1. The van der Waals surface area contributed by atoms with Gasteiger partial charge >= 0.3 is 0 Å². The monoisotopic (exact) mass is 399 g/mol. The van der Waals surface area contributed by atoms with E-state index < -0.39 is 0 Å². The molecule has 2 amide bonds. The zero-order valence-electron chi connectivity index (χ0n) is 17.0. The first kappa shape index (κ1) is 21.0. The molecule has 1 saturated heterocycles. The topological polar surface area (TPSA) is 91.6 Å². The Bertz CT molecular complexity index is 770. The number of hydrogen-bond donors (Lipinski definition) is 1. The maximum Gasteiger partial charge on any atom is 0.274 e. The van der Waals surface area contributed by atoms with Gasteiger partial charge in [0.15, 0.2) is 0 Å². The molecule has 0 bridgehead atoms. The zero-order valence-corrected chi connectivity index (χ0v) is 17.0. The van der Waals surface area contributed by atoms with Crippen molar-refractivity contribution in [3.8, 4) is 0 Å². The normalized spacial score (nSPS) is 14.5. The van der Waals surface area contributed by atoms with E-state index in [1.165, 1.54) is 25.5 Å². The van der Waals surface area contributed by atoms with E-state index >= 15 is 0 Å². The number of nitrogens with zero attached hydrogens (tertiary/aromatic N) is 4. The highest BCUT2D eigenvalue weighted by molar-refractivity contribution is 5.92. The Morgan fingerprint density at radius 1 is 1.21 bits per heavy atom. The zero-order chi connectivity index (χ0) is 20.5. The summed E-state index contributed by atoms with van der Waals surface area (Å²) in [4.78, 5) is 37.4. The first-order valence-electron chi connectivity index (χ1n) is 10.2. The molecule has 0 unspecified atom stereocenters. The van der Waals surface area contributed by atoms with E-state index in [-0.39, 0.29) is 37.0 Å². The Labute approximate surface area is 171 Å². The number of carbonyl (C=O) groups is 2. The van der Waals surface area contributed by atoms with Crippen LogP contribution in [-0.2, 0) is 11.3 Å². The molecule has 3 heterocycles. The SMILES string of the molecule is Cc1cnc(C(=O)N(CCC(=O)NCCN2CCCCC2)Cc2ccco2)cn1. The van der Waals surface area contributed by atoms with Gasteiger partial charge in [0.05, 0.1) is 24.7 Å². The van der Waals surface area contributed by atoms with Crippen molar-refractivity contribution in [1.82, 2.24) is 25.1 Å². The minimum atomic E-state index is -0.269. The smallest absolute Gasteiger partial charge is 0.274 e. The standard InChI is InChI=1S/C21H29N5O3/c1-17-14-24-19(15-23-17)21(28)26(16-18-6-5-13-29-18)11-7-20(27)22-8-12-25-9-3-2-4-10-25/h5-6,13-15H,2-4,7-12,16H2,1H3,(H,22,27). The van der Waals surface area contributed by atoms with Crippen LogP contribution < -0.4 is 5.32 Å². The molecular weight excluding hydrogens is 370 g/mol. The molecule has 1 aliphatic heterocycles. The van der Waals surface area contributed by atoms with Crippen LogP contribution in [0.15, 0.2) is 35.2 Å². The van der Waals surface area contributed by atoms with Crippen molar-refractivity contribution < 1.29 is 14.0 Å². The molecule has 8 heteroatoms. The van der Waals surface area contributed by atoms with Crippen molar-refractivity contribution in [3.05, 3.63) is 47.9 Å². The number of aromatic nitrogens is 2. The fraction of sp³-hybridized carbons (Fsp3) is 0.524. The average Bonchev–Trinajstić information content (AvgIpc) is 3.25. The minimum Gasteiger partial charge on any atom is -0.467 e. The van der Waals surface area contributed by atoms with Crippen LogP contribution in [0.4, 0.5) is 0 Å². The number of piperidine rings is 1. The summed E-state index contributed by atoms with van der Waals surface area (Å²) in [7, 11) is 0. The van der Waals surface area contributed by atoms with Gasteiger partial charge in [0.25, 0.3) is 5.91 Å². The van der Waals surface area contributed by atoms with E-state index in [0.29, 0.717) is 12.3 Å². The average molecular weight is 399 g/mol. The van der Waals surface area contributed by atoms with Gasteiger partial charge in [-0.05, 0) is 45.0 Å². The van der Waals surface area contributed by atoms with Crippen molar-refractivity contribution in [3.63, 3.8) is 0 Å². The fourth-order valence-electron chi connectivity index (χ4n) is 3.37. The molecule has 0 spiro atoms. The van der Waals surface area contributed by atoms with Gasteiger partial charge in [-0.1, -0.05) is 6.42 Å². The summed E-state index contributed by atoms with van der Waals surface area (Å²) >= 11 is 0. The third-order valence-electron chi connectivity index (χ3n) is 5.02. The molecule has 0 aliphatic carbocycles. The Morgan fingerprint density at radius 2 is 2.03 bits per heavy atom. The van der Waals surface area contributed by atoms with Crippen LogP contribution in [-0.4, -0.2) is 64.3 Å².